The summed E-state index contributed by atoms with van der Waals surface area (Å²) >= 11 is 1.45. The molecule has 0 aliphatic heterocycles. The second kappa shape index (κ2) is 5.93. The zero-order valence-corrected chi connectivity index (χ0v) is 13.0. The minimum absolute atomic E-state index is 0.241. The van der Waals surface area contributed by atoms with Crippen molar-refractivity contribution >= 4 is 22.4 Å². The van der Waals surface area contributed by atoms with E-state index >= 15 is 0 Å². The van der Waals surface area contributed by atoms with Crippen LogP contribution in [0, 0.1) is 19.8 Å². The van der Waals surface area contributed by atoms with Gasteiger partial charge in [0.15, 0.2) is 0 Å². The van der Waals surface area contributed by atoms with Gasteiger partial charge in [-0.2, -0.15) is 0 Å². The van der Waals surface area contributed by atoms with Gasteiger partial charge in [-0.1, -0.05) is 42.2 Å². The van der Waals surface area contributed by atoms with E-state index in [2.05, 4.69) is 20.7 Å². The molecule has 0 aromatic carbocycles. The van der Waals surface area contributed by atoms with Crippen molar-refractivity contribution in [2.24, 2.45) is 5.92 Å². The predicted octanol–water partition coefficient (Wildman–Crippen LogP) is 3.13. The lowest BCUT2D eigenvalue weighted by atomic mass is 10.1. The van der Waals surface area contributed by atoms with Gasteiger partial charge in [-0.3, -0.25) is 10.1 Å². The largest absolute Gasteiger partial charge is 0.361 e. The molecule has 0 spiro atoms. The second-order valence-electron chi connectivity index (χ2n) is 5.51. The first kappa shape index (κ1) is 14.2. The lowest BCUT2D eigenvalue weighted by Gasteiger charge is -2.03. The van der Waals surface area contributed by atoms with Crippen LogP contribution in [-0.2, 0) is 6.42 Å². The Morgan fingerprint density at radius 2 is 2.10 bits per heavy atom. The topological polar surface area (TPSA) is 80.9 Å². The van der Waals surface area contributed by atoms with Gasteiger partial charge >= 0.3 is 0 Å². The van der Waals surface area contributed by atoms with Crippen LogP contribution < -0.4 is 5.32 Å². The number of carbonyl (C=O) groups is 1. The van der Waals surface area contributed by atoms with Gasteiger partial charge in [0.2, 0.25) is 5.13 Å². The van der Waals surface area contributed by atoms with Crippen molar-refractivity contribution < 1.29 is 9.32 Å². The third-order valence-corrected chi connectivity index (χ3v) is 4.75. The highest BCUT2D eigenvalue weighted by Crippen LogP contribution is 2.29. The van der Waals surface area contributed by atoms with E-state index < -0.39 is 0 Å². The van der Waals surface area contributed by atoms with Crippen LogP contribution in [0.1, 0.15) is 52.5 Å². The minimum atomic E-state index is -0.241. The van der Waals surface area contributed by atoms with Crippen molar-refractivity contribution in [1.29, 1.82) is 0 Å². The SMILES string of the molecule is Cc1noc(C)c1C(=O)Nc1nnc(CC2CCCC2)s1. The molecule has 1 saturated carbocycles. The summed E-state index contributed by atoms with van der Waals surface area (Å²) in [5.74, 6) is 1.000. The molecule has 3 rings (SSSR count). The maximum absolute atomic E-state index is 12.2. The van der Waals surface area contributed by atoms with Crippen molar-refractivity contribution in [1.82, 2.24) is 15.4 Å². The number of nitrogens with one attached hydrogen (secondary N) is 1. The molecule has 1 aliphatic carbocycles. The molecule has 1 amide bonds. The standard InChI is InChI=1S/C14H18N4O2S/c1-8-12(9(2)20-18-8)13(19)15-14-17-16-11(21-14)7-10-5-3-4-6-10/h10H,3-7H2,1-2H3,(H,15,17,19). The summed E-state index contributed by atoms with van der Waals surface area (Å²) in [7, 11) is 0. The fraction of sp³-hybridized carbons (Fsp3) is 0.571. The molecule has 1 N–H and O–H groups in total. The van der Waals surface area contributed by atoms with E-state index in [1.165, 1.54) is 37.0 Å². The van der Waals surface area contributed by atoms with E-state index in [1.807, 2.05) is 0 Å². The van der Waals surface area contributed by atoms with Gasteiger partial charge < -0.3 is 4.52 Å². The Balaban J connectivity index is 1.65. The third-order valence-electron chi connectivity index (χ3n) is 3.89. The van der Waals surface area contributed by atoms with E-state index in [9.17, 15) is 4.79 Å². The summed E-state index contributed by atoms with van der Waals surface area (Å²) in [5.41, 5.74) is 1.06. The van der Waals surface area contributed by atoms with Crippen molar-refractivity contribution in [3.63, 3.8) is 0 Å². The Morgan fingerprint density at radius 3 is 2.76 bits per heavy atom. The average Bonchev–Trinajstić information content (AvgIpc) is 3.14. The Hall–Kier alpha value is -1.76. The first-order valence-corrected chi connectivity index (χ1v) is 8.01. The van der Waals surface area contributed by atoms with Crippen molar-refractivity contribution in [3.05, 3.63) is 22.0 Å². The van der Waals surface area contributed by atoms with Crippen molar-refractivity contribution in [3.8, 4) is 0 Å². The highest BCUT2D eigenvalue weighted by molar-refractivity contribution is 7.15. The predicted molar refractivity (Wildman–Crippen MR) is 79.5 cm³/mol. The van der Waals surface area contributed by atoms with Crippen LogP contribution in [-0.4, -0.2) is 21.3 Å². The van der Waals surface area contributed by atoms with Gasteiger partial charge in [-0.05, 0) is 19.8 Å². The van der Waals surface area contributed by atoms with Crippen LogP contribution in [0.3, 0.4) is 0 Å². The highest BCUT2D eigenvalue weighted by atomic mass is 32.1. The van der Waals surface area contributed by atoms with E-state index in [-0.39, 0.29) is 5.91 Å². The molecule has 0 saturated heterocycles. The summed E-state index contributed by atoms with van der Waals surface area (Å²) in [6.45, 7) is 3.47. The second-order valence-corrected chi connectivity index (χ2v) is 6.57. The van der Waals surface area contributed by atoms with E-state index in [0.29, 0.717) is 22.1 Å². The molecule has 112 valence electrons. The molecule has 0 unspecified atom stereocenters. The van der Waals surface area contributed by atoms with Crippen LogP contribution in [0.15, 0.2) is 4.52 Å². The molecule has 0 radical (unpaired) electrons. The molecular weight excluding hydrogens is 288 g/mol. The normalized spacial score (nSPS) is 15.5. The molecule has 2 heterocycles. The summed E-state index contributed by atoms with van der Waals surface area (Å²) in [6.07, 6.45) is 6.16. The smallest absolute Gasteiger partial charge is 0.263 e. The number of aryl methyl sites for hydroxylation is 2. The van der Waals surface area contributed by atoms with Gasteiger partial charge in [0.25, 0.3) is 5.91 Å². The molecule has 1 fully saturated rings. The number of aromatic nitrogens is 3. The molecule has 1 aliphatic rings. The average molecular weight is 306 g/mol. The Kier molecular flexibility index (Phi) is 4.01. The molecule has 0 bridgehead atoms. The molecule has 7 heteroatoms. The summed E-state index contributed by atoms with van der Waals surface area (Å²) in [4.78, 5) is 12.2. The van der Waals surface area contributed by atoms with Crippen LogP contribution in [0.2, 0.25) is 0 Å². The fourth-order valence-corrected chi connectivity index (χ4v) is 3.66. The number of hydrogen-bond donors (Lipinski definition) is 1. The lowest BCUT2D eigenvalue weighted by molar-refractivity contribution is 0.102. The van der Waals surface area contributed by atoms with E-state index in [1.54, 1.807) is 13.8 Å². The lowest BCUT2D eigenvalue weighted by Crippen LogP contribution is -2.13. The molecule has 0 atom stereocenters. The van der Waals surface area contributed by atoms with Crippen LogP contribution in [0.5, 0.6) is 0 Å². The number of carbonyl (C=O) groups excluding carboxylic acids is 1. The zero-order valence-electron chi connectivity index (χ0n) is 12.2. The Labute approximate surface area is 126 Å². The van der Waals surface area contributed by atoms with Crippen molar-refractivity contribution in [2.45, 2.75) is 46.0 Å². The molecule has 6 nitrogen and oxygen atoms in total. The molecule has 2 aromatic rings. The maximum Gasteiger partial charge on any atom is 0.263 e. The monoisotopic (exact) mass is 306 g/mol. The number of nitrogens with zero attached hydrogens (tertiary/aromatic N) is 3. The van der Waals surface area contributed by atoms with Gasteiger partial charge in [0.1, 0.15) is 16.3 Å². The number of anilines is 1. The van der Waals surface area contributed by atoms with Crippen LogP contribution in [0.4, 0.5) is 5.13 Å². The van der Waals surface area contributed by atoms with Gasteiger partial charge in [0.05, 0.1) is 5.69 Å². The zero-order chi connectivity index (χ0) is 14.8. The van der Waals surface area contributed by atoms with Crippen LogP contribution >= 0.6 is 11.3 Å². The summed E-state index contributed by atoms with van der Waals surface area (Å²) < 4.78 is 5.00. The third kappa shape index (κ3) is 3.12. The van der Waals surface area contributed by atoms with Gasteiger partial charge in [-0.15, -0.1) is 10.2 Å². The summed E-state index contributed by atoms with van der Waals surface area (Å²) in [6, 6.07) is 0. The maximum atomic E-state index is 12.2. The number of hydrogen-bond acceptors (Lipinski definition) is 6. The van der Waals surface area contributed by atoms with Crippen LogP contribution in [0.25, 0.3) is 0 Å². The number of rotatable bonds is 4. The Bertz CT molecular complexity index is 624. The van der Waals surface area contributed by atoms with Gasteiger partial charge in [-0.25, -0.2) is 0 Å². The van der Waals surface area contributed by atoms with E-state index in [0.717, 1.165) is 17.3 Å². The van der Waals surface area contributed by atoms with Crippen molar-refractivity contribution in [2.75, 3.05) is 5.32 Å². The molecule has 2 aromatic heterocycles. The molecular formula is C14H18N4O2S. The highest BCUT2D eigenvalue weighted by Gasteiger charge is 2.20. The molecule has 21 heavy (non-hydrogen) atoms. The quantitative estimate of drug-likeness (QED) is 0.938. The first-order valence-electron chi connectivity index (χ1n) is 7.20. The first-order chi connectivity index (χ1) is 10.1. The number of amides is 1. The summed E-state index contributed by atoms with van der Waals surface area (Å²) in [5, 5.41) is 16.3. The fourth-order valence-electron chi connectivity index (χ4n) is 2.81. The minimum Gasteiger partial charge on any atom is -0.361 e. The Morgan fingerprint density at radius 1 is 1.33 bits per heavy atom. The van der Waals surface area contributed by atoms with Gasteiger partial charge in [0, 0.05) is 6.42 Å². The van der Waals surface area contributed by atoms with E-state index in [4.69, 9.17) is 4.52 Å².